The van der Waals surface area contributed by atoms with E-state index < -0.39 is 0 Å². The van der Waals surface area contributed by atoms with Crippen LogP contribution in [0.5, 0.6) is 0 Å². The predicted octanol–water partition coefficient (Wildman–Crippen LogP) is 2.02. The summed E-state index contributed by atoms with van der Waals surface area (Å²) in [5.74, 6) is 2.51. The summed E-state index contributed by atoms with van der Waals surface area (Å²) in [4.78, 5) is 5.10. The van der Waals surface area contributed by atoms with Crippen LogP contribution in [0.1, 0.15) is 39.0 Å². The number of rotatable bonds is 4. The minimum atomic E-state index is 0.729. The molecule has 2 N–H and O–H groups in total. The van der Waals surface area contributed by atoms with Gasteiger partial charge >= 0.3 is 0 Å². The Labute approximate surface area is 119 Å². The van der Waals surface area contributed by atoms with E-state index in [9.17, 15) is 0 Å². The summed E-state index contributed by atoms with van der Waals surface area (Å²) in [6, 6.07) is 0.730. The molecule has 1 heterocycles. The van der Waals surface area contributed by atoms with Gasteiger partial charge in [0.05, 0.1) is 0 Å². The zero-order valence-corrected chi connectivity index (χ0v) is 13.1. The number of nitrogens with two attached hydrogens (primary N) is 1. The molecule has 2 fully saturated rings. The first-order chi connectivity index (χ1) is 9.10. The smallest absolute Gasteiger partial charge is 0.0135 e. The van der Waals surface area contributed by atoms with Crippen molar-refractivity contribution in [3.8, 4) is 0 Å². The van der Waals surface area contributed by atoms with Crippen molar-refractivity contribution in [2.75, 3.05) is 40.3 Å². The van der Waals surface area contributed by atoms with Gasteiger partial charge in [-0.15, -0.1) is 0 Å². The Morgan fingerprint density at radius 2 is 1.84 bits per heavy atom. The molecule has 0 aromatic rings. The topological polar surface area (TPSA) is 32.5 Å². The Hall–Kier alpha value is -0.120. The quantitative estimate of drug-likeness (QED) is 0.846. The molecule has 112 valence electrons. The first kappa shape index (κ1) is 15.3. The predicted molar refractivity (Wildman–Crippen MR) is 82.2 cm³/mol. The van der Waals surface area contributed by atoms with Crippen molar-refractivity contribution < 1.29 is 0 Å². The van der Waals surface area contributed by atoms with Crippen LogP contribution in [-0.4, -0.2) is 56.1 Å². The maximum atomic E-state index is 5.99. The largest absolute Gasteiger partial charge is 0.330 e. The lowest BCUT2D eigenvalue weighted by atomic mass is 9.78. The normalized spacial score (nSPS) is 34.9. The minimum absolute atomic E-state index is 0.729. The molecule has 1 saturated carbocycles. The Kier molecular flexibility index (Phi) is 5.67. The molecule has 0 amide bonds. The van der Waals surface area contributed by atoms with E-state index in [2.05, 4.69) is 30.8 Å². The van der Waals surface area contributed by atoms with Gasteiger partial charge in [-0.2, -0.15) is 0 Å². The average Bonchev–Trinajstić information content (AvgIpc) is 2.41. The second kappa shape index (κ2) is 7.05. The van der Waals surface area contributed by atoms with Crippen LogP contribution in [0.15, 0.2) is 0 Å². The van der Waals surface area contributed by atoms with E-state index in [0.717, 1.165) is 30.3 Å². The molecule has 19 heavy (non-hydrogen) atoms. The van der Waals surface area contributed by atoms with Crippen LogP contribution >= 0.6 is 0 Å². The molecule has 1 aliphatic heterocycles. The average molecular weight is 267 g/mol. The number of piperidine rings is 1. The maximum absolute atomic E-state index is 5.99. The van der Waals surface area contributed by atoms with E-state index in [0.29, 0.717) is 0 Å². The summed E-state index contributed by atoms with van der Waals surface area (Å²) >= 11 is 0. The zero-order chi connectivity index (χ0) is 13.8. The van der Waals surface area contributed by atoms with Crippen molar-refractivity contribution >= 4 is 0 Å². The zero-order valence-electron chi connectivity index (χ0n) is 13.1. The van der Waals surface area contributed by atoms with Crippen LogP contribution < -0.4 is 5.73 Å². The van der Waals surface area contributed by atoms with Gasteiger partial charge in [-0.3, -0.25) is 0 Å². The Morgan fingerprint density at radius 3 is 2.47 bits per heavy atom. The van der Waals surface area contributed by atoms with Crippen LogP contribution in [0.2, 0.25) is 0 Å². The summed E-state index contributed by atoms with van der Waals surface area (Å²) in [5, 5.41) is 0. The van der Waals surface area contributed by atoms with Gasteiger partial charge in [-0.25, -0.2) is 0 Å². The van der Waals surface area contributed by atoms with Gasteiger partial charge in [0.2, 0.25) is 0 Å². The Balaban J connectivity index is 1.84. The van der Waals surface area contributed by atoms with Gasteiger partial charge < -0.3 is 15.5 Å². The fraction of sp³-hybridized carbons (Fsp3) is 1.00. The fourth-order valence-electron chi connectivity index (χ4n) is 4.02. The molecule has 3 nitrogen and oxygen atoms in total. The van der Waals surface area contributed by atoms with Gasteiger partial charge in [0, 0.05) is 12.6 Å². The summed E-state index contributed by atoms with van der Waals surface area (Å²) in [6.07, 6.45) is 6.80. The van der Waals surface area contributed by atoms with Crippen molar-refractivity contribution in [2.45, 2.75) is 45.1 Å². The Morgan fingerprint density at radius 1 is 1.16 bits per heavy atom. The number of likely N-dealkylation sites (tertiary alicyclic amines) is 1. The number of hydrogen-bond donors (Lipinski definition) is 1. The summed E-state index contributed by atoms with van der Waals surface area (Å²) in [6.45, 7) is 7.11. The molecule has 0 aromatic carbocycles. The number of nitrogens with zero attached hydrogens (tertiary/aromatic N) is 2. The molecule has 3 atom stereocenters. The molecular formula is C16H33N3. The van der Waals surface area contributed by atoms with Crippen LogP contribution in [0.3, 0.4) is 0 Å². The highest BCUT2D eigenvalue weighted by Gasteiger charge is 2.31. The highest BCUT2D eigenvalue weighted by atomic mass is 15.1. The number of hydrogen-bond acceptors (Lipinski definition) is 3. The van der Waals surface area contributed by atoms with Crippen LogP contribution in [0, 0.1) is 17.8 Å². The monoisotopic (exact) mass is 267 g/mol. The lowest BCUT2D eigenvalue weighted by molar-refractivity contribution is 0.0805. The van der Waals surface area contributed by atoms with Gasteiger partial charge in [0.25, 0.3) is 0 Å². The van der Waals surface area contributed by atoms with Crippen molar-refractivity contribution in [1.82, 2.24) is 9.80 Å². The molecule has 1 saturated heterocycles. The summed E-state index contributed by atoms with van der Waals surface area (Å²) < 4.78 is 0. The van der Waals surface area contributed by atoms with Crippen molar-refractivity contribution in [2.24, 2.45) is 23.5 Å². The molecule has 0 radical (unpaired) electrons. The highest BCUT2D eigenvalue weighted by Crippen LogP contribution is 2.32. The molecule has 3 unspecified atom stereocenters. The van der Waals surface area contributed by atoms with E-state index in [1.807, 2.05) is 0 Å². The maximum Gasteiger partial charge on any atom is 0.0135 e. The molecule has 0 spiro atoms. The standard InChI is InChI=1S/C16H33N3/c1-13-4-5-15(11-17)16(10-13)19(3)12-14-6-8-18(2)9-7-14/h13-16H,4-12,17H2,1-3H3. The Bertz CT molecular complexity index is 261. The molecule has 0 aromatic heterocycles. The highest BCUT2D eigenvalue weighted by molar-refractivity contribution is 4.86. The molecule has 3 heteroatoms. The second-order valence-electron chi connectivity index (χ2n) is 7.17. The third kappa shape index (κ3) is 4.17. The minimum Gasteiger partial charge on any atom is -0.330 e. The van der Waals surface area contributed by atoms with Gasteiger partial charge in [0.15, 0.2) is 0 Å². The van der Waals surface area contributed by atoms with Crippen molar-refractivity contribution in [3.05, 3.63) is 0 Å². The van der Waals surface area contributed by atoms with Crippen molar-refractivity contribution in [1.29, 1.82) is 0 Å². The molecule has 2 rings (SSSR count). The van der Waals surface area contributed by atoms with Gasteiger partial charge in [-0.1, -0.05) is 13.3 Å². The van der Waals surface area contributed by atoms with E-state index in [1.54, 1.807) is 0 Å². The van der Waals surface area contributed by atoms with Crippen molar-refractivity contribution in [3.63, 3.8) is 0 Å². The van der Waals surface area contributed by atoms with Crippen LogP contribution in [0.25, 0.3) is 0 Å². The first-order valence-corrected chi connectivity index (χ1v) is 8.19. The second-order valence-corrected chi connectivity index (χ2v) is 7.17. The van der Waals surface area contributed by atoms with E-state index in [1.165, 1.54) is 51.7 Å². The third-order valence-electron chi connectivity index (χ3n) is 5.47. The third-order valence-corrected chi connectivity index (χ3v) is 5.47. The molecule has 2 aliphatic rings. The van der Waals surface area contributed by atoms with Crippen LogP contribution in [-0.2, 0) is 0 Å². The molecular weight excluding hydrogens is 234 g/mol. The summed E-state index contributed by atoms with van der Waals surface area (Å²) in [7, 11) is 4.58. The van der Waals surface area contributed by atoms with E-state index in [4.69, 9.17) is 5.73 Å². The summed E-state index contributed by atoms with van der Waals surface area (Å²) in [5.41, 5.74) is 5.99. The lowest BCUT2D eigenvalue weighted by Crippen LogP contribution is -2.47. The van der Waals surface area contributed by atoms with Gasteiger partial charge in [-0.05, 0) is 77.2 Å². The van der Waals surface area contributed by atoms with Gasteiger partial charge in [0.1, 0.15) is 0 Å². The molecule has 0 bridgehead atoms. The fourth-order valence-corrected chi connectivity index (χ4v) is 4.02. The van der Waals surface area contributed by atoms with Crippen LogP contribution in [0.4, 0.5) is 0 Å². The first-order valence-electron chi connectivity index (χ1n) is 8.19. The van der Waals surface area contributed by atoms with E-state index in [-0.39, 0.29) is 0 Å². The SMILES string of the molecule is CC1CCC(CN)C(N(C)CC2CCN(C)CC2)C1. The molecule has 1 aliphatic carbocycles. The lowest BCUT2D eigenvalue weighted by Gasteiger charge is -2.42. The van der Waals surface area contributed by atoms with E-state index >= 15 is 0 Å².